The molecule has 1 fully saturated rings. The summed E-state index contributed by atoms with van der Waals surface area (Å²) in [5.74, 6) is 0. The van der Waals surface area contributed by atoms with Gasteiger partial charge in [-0.25, -0.2) is 0 Å². The minimum absolute atomic E-state index is 0.287. The highest BCUT2D eigenvalue weighted by Gasteiger charge is 2.42. The Labute approximate surface area is 60.7 Å². The molecule has 0 unspecified atom stereocenters. The van der Waals surface area contributed by atoms with Crippen molar-refractivity contribution in [3.05, 3.63) is 0 Å². The highest BCUT2D eigenvalue weighted by Crippen LogP contribution is 2.44. The third kappa shape index (κ3) is 1.70. The predicted octanol–water partition coefficient (Wildman–Crippen LogP) is 0.159. The molecule has 0 aromatic carbocycles. The smallest absolute Gasteiger partial charge is 0.207 e. The third-order valence-electron chi connectivity index (χ3n) is 1.97. The van der Waals surface area contributed by atoms with Crippen LogP contribution >= 0.6 is 0 Å². The van der Waals surface area contributed by atoms with Crippen molar-refractivity contribution in [2.45, 2.75) is 12.8 Å². The van der Waals surface area contributed by atoms with Crippen molar-refractivity contribution in [3.63, 3.8) is 0 Å². The first kappa shape index (κ1) is 7.54. The second kappa shape index (κ2) is 3.01. The quantitative estimate of drug-likeness (QED) is 0.557. The Morgan fingerprint density at radius 1 is 1.70 bits per heavy atom. The van der Waals surface area contributed by atoms with Crippen molar-refractivity contribution in [2.24, 2.45) is 5.41 Å². The van der Waals surface area contributed by atoms with E-state index in [-0.39, 0.29) is 5.41 Å². The molecule has 1 rings (SSSR count). The molecule has 1 aliphatic rings. The summed E-state index contributed by atoms with van der Waals surface area (Å²) in [5, 5.41) is 2.68. The fourth-order valence-electron chi connectivity index (χ4n) is 1.11. The average Bonchev–Trinajstić information content (AvgIpc) is 2.67. The van der Waals surface area contributed by atoms with Crippen molar-refractivity contribution < 1.29 is 9.53 Å². The molecule has 10 heavy (non-hydrogen) atoms. The molecule has 0 bridgehead atoms. The van der Waals surface area contributed by atoms with Gasteiger partial charge in [0.1, 0.15) is 0 Å². The van der Waals surface area contributed by atoms with E-state index in [0.29, 0.717) is 0 Å². The molecule has 1 aliphatic carbocycles. The van der Waals surface area contributed by atoms with Crippen molar-refractivity contribution in [2.75, 3.05) is 20.3 Å². The van der Waals surface area contributed by atoms with Gasteiger partial charge in [-0.3, -0.25) is 4.79 Å². The first-order chi connectivity index (χ1) is 4.83. The zero-order valence-corrected chi connectivity index (χ0v) is 6.22. The highest BCUT2D eigenvalue weighted by molar-refractivity contribution is 5.46. The molecule has 0 saturated heterocycles. The van der Waals surface area contributed by atoms with E-state index in [0.717, 1.165) is 19.6 Å². The number of hydrogen-bond donors (Lipinski definition) is 1. The van der Waals surface area contributed by atoms with Crippen LogP contribution in [0, 0.1) is 5.41 Å². The van der Waals surface area contributed by atoms with E-state index >= 15 is 0 Å². The van der Waals surface area contributed by atoms with Gasteiger partial charge in [0.2, 0.25) is 6.41 Å². The van der Waals surface area contributed by atoms with Gasteiger partial charge < -0.3 is 10.1 Å². The summed E-state index contributed by atoms with van der Waals surface area (Å²) >= 11 is 0. The van der Waals surface area contributed by atoms with Crippen LogP contribution in [0.2, 0.25) is 0 Å². The second-order valence-corrected chi connectivity index (χ2v) is 2.93. The summed E-state index contributed by atoms with van der Waals surface area (Å²) in [6.45, 7) is 1.54. The third-order valence-corrected chi connectivity index (χ3v) is 1.97. The molecule has 0 radical (unpaired) electrons. The molecule has 0 heterocycles. The largest absolute Gasteiger partial charge is 0.384 e. The fourth-order valence-corrected chi connectivity index (χ4v) is 1.11. The minimum Gasteiger partial charge on any atom is -0.384 e. The van der Waals surface area contributed by atoms with E-state index in [1.165, 1.54) is 12.8 Å². The first-order valence-electron chi connectivity index (χ1n) is 3.49. The minimum atomic E-state index is 0.287. The second-order valence-electron chi connectivity index (χ2n) is 2.93. The molecule has 1 N–H and O–H groups in total. The zero-order valence-electron chi connectivity index (χ0n) is 6.22. The maximum Gasteiger partial charge on any atom is 0.207 e. The van der Waals surface area contributed by atoms with Crippen LogP contribution in [-0.2, 0) is 9.53 Å². The summed E-state index contributed by atoms with van der Waals surface area (Å²) in [6.07, 6.45) is 3.11. The lowest BCUT2D eigenvalue weighted by atomic mass is 10.1. The van der Waals surface area contributed by atoms with Gasteiger partial charge in [0.25, 0.3) is 0 Å². The maximum atomic E-state index is 9.93. The van der Waals surface area contributed by atoms with Crippen LogP contribution in [-0.4, -0.2) is 26.7 Å². The number of rotatable bonds is 5. The summed E-state index contributed by atoms with van der Waals surface area (Å²) in [5.41, 5.74) is 0.287. The Morgan fingerprint density at radius 2 is 2.40 bits per heavy atom. The first-order valence-corrected chi connectivity index (χ1v) is 3.49. The number of ether oxygens (including phenoxy) is 1. The van der Waals surface area contributed by atoms with Crippen molar-refractivity contribution in [1.29, 1.82) is 0 Å². The lowest BCUT2D eigenvalue weighted by Crippen LogP contribution is -2.25. The summed E-state index contributed by atoms with van der Waals surface area (Å²) in [7, 11) is 1.70. The number of methoxy groups -OCH3 is 1. The number of carbonyl (C=O) groups is 1. The Morgan fingerprint density at radius 3 is 2.80 bits per heavy atom. The Kier molecular flexibility index (Phi) is 2.27. The number of hydrogen-bond acceptors (Lipinski definition) is 2. The SMILES string of the molecule is COCC1(CNC=O)CC1. The Bertz CT molecular complexity index is 121. The van der Waals surface area contributed by atoms with E-state index in [1.54, 1.807) is 7.11 Å². The maximum absolute atomic E-state index is 9.93. The molecule has 58 valence electrons. The van der Waals surface area contributed by atoms with Crippen LogP contribution in [0.3, 0.4) is 0 Å². The van der Waals surface area contributed by atoms with Crippen LogP contribution in [0.5, 0.6) is 0 Å². The van der Waals surface area contributed by atoms with Gasteiger partial charge in [0.15, 0.2) is 0 Å². The number of amides is 1. The van der Waals surface area contributed by atoms with Crippen LogP contribution in [0.1, 0.15) is 12.8 Å². The summed E-state index contributed by atoms with van der Waals surface area (Å²) < 4.78 is 5.01. The van der Waals surface area contributed by atoms with Crippen molar-refractivity contribution in [3.8, 4) is 0 Å². The van der Waals surface area contributed by atoms with Crippen LogP contribution < -0.4 is 5.32 Å². The molecule has 0 aromatic heterocycles. The molecular weight excluding hydrogens is 130 g/mol. The monoisotopic (exact) mass is 143 g/mol. The topological polar surface area (TPSA) is 38.3 Å². The molecule has 3 heteroatoms. The van der Waals surface area contributed by atoms with E-state index < -0.39 is 0 Å². The predicted molar refractivity (Wildman–Crippen MR) is 37.6 cm³/mol. The fraction of sp³-hybridized carbons (Fsp3) is 0.857. The van der Waals surface area contributed by atoms with Gasteiger partial charge in [-0.2, -0.15) is 0 Å². The van der Waals surface area contributed by atoms with Gasteiger partial charge in [0.05, 0.1) is 6.61 Å². The average molecular weight is 143 g/mol. The standard InChI is InChI=1S/C7H13NO2/c1-10-5-7(2-3-7)4-8-6-9/h6H,2-5H2,1H3,(H,8,9). The van der Waals surface area contributed by atoms with Crippen LogP contribution in [0.4, 0.5) is 0 Å². The summed E-state index contributed by atoms with van der Waals surface area (Å²) in [4.78, 5) is 9.93. The molecule has 1 amide bonds. The van der Waals surface area contributed by atoms with E-state index in [1.807, 2.05) is 0 Å². The van der Waals surface area contributed by atoms with E-state index in [2.05, 4.69) is 5.32 Å². The van der Waals surface area contributed by atoms with E-state index in [4.69, 9.17) is 4.74 Å². The van der Waals surface area contributed by atoms with Gasteiger partial charge >= 0.3 is 0 Å². The zero-order chi connectivity index (χ0) is 7.45. The van der Waals surface area contributed by atoms with Crippen LogP contribution in [0.15, 0.2) is 0 Å². The molecular formula is C7H13NO2. The highest BCUT2D eigenvalue weighted by atomic mass is 16.5. The summed E-state index contributed by atoms with van der Waals surface area (Å²) in [6, 6.07) is 0. The molecule has 0 atom stereocenters. The van der Waals surface area contributed by atoms with E-state index in [9.17, 15) is 4.79 Å². The van der Waals surface area contributed by atoms with Gasteiger partial charge in [0, 0.05) is 19.1 Å². The van der Waals surface area contributed by atoms with Crippen LogP contribution in [0.25, 0.3) is 0 Å². The molecule has 0 aromatic rings. The van der Waals surface area contributed by atoms with Gasteiger partial charge in [-0.1, -0.05) is 0 Å². The lowest BCUT2D eigenvalue weighted by molar-refractivity contribution is -0.109. The van der Waals surface area contributed by atoms with Crippen molar-refractivity contribution in [1.82, 2.24) is 5.32 Å². The van der Waals surface area contributed by atoms with Gasteiger partial charge in [-0.15, -0.1) is 0 Å². The Balaban J connectivity index is 2.16. The lowest BCUT2D eigenvalue weighted by Gasteiger charge is -2.11. The molecule has 3 nitrogen and oxygen atoms in total. The molecule has 0 aliphatic heterocycles. The van der Waals surface area contributed by atoms with Gasteiger partial charge in [-0.05, 0) is 12.8 Å². The molecule has 0 spiro atoms. The Hall–Kier alpha value is -0.570. The number of nitrogens with one attached hydrogen (secondary N) is 1. The van der Waals surface area contributed by atoms with Crippen molar-refractivity contribution >= 4 is 6.41 Å². The normalized spacial score (nSPS) is 20.1. The number of carbonyl (C=O) groups excluding carboxylic acids is 1. The molecule has 1 saturated carbocycles.